The lowest BCUT2D eigenvalue weighted by atomic mass is 9.87. The molecule has 0 aliphatic heterocycles. The minimum absolute atomic E-state index is 0.0866. The van der Waals surface area contributed by atoms with Crippen LogP contribution in [-0.4, -0.2) is 109 Å². The topological polar surface area (TPSA) is 226 Å². The molecule has 3 N–H and O–H groups in total. The lowest BCUT2D eigenvalue weighted by molar-refractivity contribution is -0.146. The molecule has 5 rings (SSSR count). The van der Waals surface area contributed by atoms with E-state index in [1.807, 2.05) is 20.8 Å². The van der Waals surface area contributed by atoms with Crippen molar-refractivity contribution in [2.24, 2.45) is 59.2 Å². The molecule has 13 atom stereocenters. The first-order valence-corrected chi connectivity index (χ1v) is 34.1. The Morgan fingerprint density at radius 1 is 0.357 bits per heavy atom. The predicted octanol–water partition coefficient (Wildman–Crippen LogP) is 14.6. The van der Waals surface area contributed by atoms with E-state index >= 15 is 0 Å². The average Bonchev–Trinajstić information content (AvgIpc) is 4.52. The highest BCUT2D eigenvalue weighted by atomic mass is 16.5. The van der Waals surface area contributed by atoms with Gasteiger partial charge in [-0.1, -0.05) is 138 Å². The molecule has 15 nitrogen and oxygen atoms in total. The summed E-state index contributed by atoms with van der Waals surface area (Å²) in [7, 11) is 2.84. The first-order valence-electron chi connectivity index (χ1n) is 34.1. The molecule has 13 unspecified atom stereocenters. The zero-order chi connectivity index (χ0) is 62.7. The number of aliphatic hydroxyl groups is 3. The number of hydrogen-bond donors (Lipinski definition) is 3. The molecule has 0 aromatic heterocycles. The predicted molar refractivity (Wildman–Crippen MR) is 331 cm³/mol. The highest BCUT2D eigenvalue weighted by Gasteiger charge is 2.39. The molecule has 0 bridgehead atoms. The van der Waals surface area contributed by atoms with E-state index < -0.39 is 0 Å². The number of methoxy groups -OCH3 is 2. The second kappa shape index (κ2) is 48.6. The third kappa shape index (κ3) is 32.5. The molecule has 5 saturated carbocycles. The van der Waals surface area contributed by atoms with Gasteiger partial charge in [0.25, 0.3) is 0 Å². The Kier molecular flexibility index (Phi) is 45.4. The number of rotatable bonds is 34. The fourth-order valence-corrected chi connectivity index (χ4v) is 13.7. The number of ketones is 2. The molecule has 0 heterocycles. The van der Waals surface area contributed by atoms with Crippen LogP contribution in [0, 0.1) is 59.2 Å². The van der Waals surface area contributed by atoms with Crippen molar-refractivity contribution in [2.75, 3.05) is 34.0 Å². The number of Topliss-reactive ketones (excluding diaryl/α,β-unsaturated/α-hetero) is 2. The van der Waals surface area contributed by atoms with E-state index in [9.17, 15) is 48.9 Å². The molecule has 84 heavy (non-hydrogen) atoms. The van der Waals surface area contributed by atoms with Crippen LogP contribution in [0.2, 0.25) is 0 Å². The monoisotopic (exact) mass is 1190 g/mol. The van der Waals surface area contributed by atoms with Gasteiger partial charge in [0.1, 0.15) is 11.6 Å². The minimum Gasteiger partial charge on any atom is -0.469 e. The van der Waals surface area contributed by atoms with E-state index in [4.69, 9.17) is 18.9 Å². The maximum Gasteiger partial charge on any atom is 0.306 e. The summed E-state index contributed by atoms with van der Waals surface area (Å²) < 4.78 is 24.5. The summed E-state index contributed by atoms with van der Waals surface area (Å²) in [6, 6.07) is 0. The summed E-state index contributed by atoms with van der Waals surface area (Å²) in [5.41, 5.74) is 0. The van der Waals surface area contributed by atoms with Gasteiger partial charge >= 0.3 is 29.8 Å². The van der Waals surface area contributed by atoms with Gasteiger partial charge in [-0.2, -0.15) is 0 Å². The standard InChI is InChI=1S/C15H28O3.C14H26O3.C14H24O3.C13H24O3.C13H22O3/c1-3-5-6-7-13-12(8-9-14(13)16)11-15(17)18-10-4-2;2*1-3-5-6-7-12-11(8-9-13(12)15)10-14(16)17-4-2;2*1-3-4-5-6-11-10(7-8-12(11)14)9-13(15)16-2/h12-14,16H,3-11H2,1-2H3;11-13,15H,3-10H2,1-2H3;11-12H,3-10H2,1-2H3;10-12,14H,3-9H2,1-2H3;10-11H,3-9H2,1-2H3. The van der Waals surface area contributed by atoms with E-state index in [-0.39, 0.29) is 71.8 Å². The van der Waals surface area contributed by atoms with Gasteiger partial charge in [-0.3, -0.25) is 33.6 Å². The minimum atomic E-state index is -0.203. The van der Waals surface area contributed by atoms with Crippen LogP contribution in [0.5, 0.6) is 0 Å². The van der Waals surface area contributed by atoms with Crippen LogP contribution < -0.4 is 0 Å². The normalized spacial score (nSPS) is 26.8. The van der Waals surface area contributed by atoms with Crippen LogP contribution in [-0.2, 0) is 57.2 Å². The number of unbranched alkanes of at least 4 members (excludes halogenated alkanes) is 10. The largest absolute Gasteiger partial charge is 0.469 e. The molecule has 490 valence electrons. The molecule has 5 aliphatic rings. The SMILES string of the molecule is CCCCCC1C(=O)CCC1CC(=O)OC.CCCCCC1C(=O)CCC1CC(=O)OCC.CCCCCC1C(O)CCC1CC(=O)OC.CCCCCC1C(O)CCC1CC(=O)OCC.CCCCCC1C(O)CCC1CC(=O)OCCC. The Labute approximate surface area is 510 Å². The average molecular weight is 1190 g/mol. The van der Waals surface area contributed by atoms with Gasteiger partial charge in [-0.05, 0) is 151 Å². The Hall–Kier alpha value is -3.43. The zero-order valence-corrected chi connectivity index (χ0v) is 54.8. The van der Waals surface area contributed by atoms with E-state index in [0.717, 1.165) is 116 Å². The van der Waals surface area contributed by atoms with Crippen molar-refractivity contribution in [1.29, 1.82) is 0 Å². The molecule has 0 spiro atoms. The number of carbonyl (C=O) groups is 7. The summed E-state index contributed by atoms with van der Waals surface area (Å²) >= 11 is 0. The van der Waals surface area contributed by atoms with Gasteiger partial charge in [0, 0.05) is 56.8 Å². The van der Waals surface area contributed by atoms with Gasteiger partial charge in [-0.25, -0.2) is 0 Å². The van der Waals surface area contributed by atoms with Gasteiger partial charge in [0.15, 0.2) is 0 Å². The highest BCUT2D eigenvalue weighted by molar-refractivity contribution is 5.85. The lowest BCUT2D eigenvalue weighted by Gasteiger charge is -2.21. The van der Waals surface area contributed by atoms with Crippen molar-refractivity contribution in [3.05, 3.63) is 0 Å². The fourth-order valence-electron chi connectivity index (χ4n) is 13.7. The third-order valence-electron chi connectivity index (χ3n) is 18.6. The summed E-state index contributed by atoms with van der Waals surface area (Å²) in [5, 5.41) is 29.8. The first-order chi connectivity index (χ1) is 40.4. The maximum atomic E-state index is 11.8. The molecule has 0 saturated heterocycles. The third-order valence-corrected chi connectivity index (χ3v) is 18.6. The van der Waals surface area contributed by atoms with Gasteiger partial charge < -0.3 is 39.0 Å². The smallest absolute Gasteiger partial charge is 0.306 e. The summed E-state index contributed by atoms with van der Waals surface area (Å²) in [6.45, 7) is 17.9. The lowest BCUT2D eigenvalue weighted by Crippen LogP contribution is -2.22. The number of ether oxygens (including phenoxy) is 5. The second-order valence-corrected chi connectivity index (χ2v) is 24.9. The van der Waals surface area contributed by atoms with E-state index in [0.29, 0.717) is 112 Å². The van der Waals surface area contributed by atoms with Gasteiger partial charge in [0.05, 0.1) is 52.4 Å². The van der Waals surface area contributed by atoms with E-state index in [1.54, 1.807) is 0 Å². The molecule has 5 fully saturated rings. The molecular weight excluding hydrogens is 1070 g/mol. The molecule has 15 heteroatoms. The highest BCUT2D eigenvalue weighted by Crippen LogP contribution is 2.41. The van der Waals surface area contributed by atoms with Crippen molar-refractivity contribution in [2.45, 2.75) is 305 Å². The van der Waals surface area contributed by atoms with Gasteiger partial charge in [-0.15, -0.1) is 0 Å². The van der Waals surface area contributed by atoms with Crippen LogP contribution in [0.1, 0.15) is 287 Å². The van der Waals surface area contributed by atoms with Crippen molar-refractivity contribution < 1.29 is 72.6 Å². The Morgan fingerprint density at radius 2 is 0.643 bits per heavy atom. The van der Waals surface area contributed by atoms with E-state index in [1.165, 1.54) is 84.8 Å². The number of esters is 5. The van der Waals surface area contributed by atoms with Crippen LogP contribution in [0.15, 0.2) is 0 Å². The van der Waals surface area contributed by atoms with E-state index in [2.05, 4.69) is 39.4 Å². The second-order valence-electron chi connectivity index (χ2n) is 24.9. The Bertz CT molecular complexity index is 1770. The summed E-state index contributed by atoms with van der Waals surface area (Å²) in [5.74, 6) is 2.69. The molecule has 0 aromatic carbocycles. The van der Waals surface area contributed by atoms with Crippen LogP contribution >= 0.6 is 0 Å². The van der Waals surface area contributed by atoms with Crippen molar-refractivity contribution >= 4 is 41.4 Å². The van der Waals surface area contributed by atoms with Gasteiger partial charge in [0.2, 0.25) is 0 Å². The van der Waals surface area contributed by atoms with Crippen molar-refractivity contribution in [3.63, 3.8) is 0 Å². The molecule has 0 aromatic rings. The molecule has 0 amide bonds. The molecular formula is C69H124O15. The van der Waals surface area contributed by atoms with Crippen LogP contribution in [0.3, 0.4) is 0 Å². The van der Waals surface area contributed by atoms with Crippen molar-refractivity contribution in [3.8, 4) is 0 Å². The summed E-state index contributed by atoms with van der Waals surface area (Å²) in [4.78, 5) is 80.5. The number of carbonyl (C=O) groups excluding carboxylic acids is 7. The van der Waals surface area contributed by atoms with Crippen molar-refractivity contribution in [1.82, 2.24) is 0 Å². The number of hydrogen-bond acceptors (Lipinski definition) is 15. The van der Waals surface area contributed by atoms with Crippen LogP contribution in [0.4, 0.5) is 0 Å². The Morgan fingerprint density at radius 3 is 0.940 bits per heavy atom. The molecule has 5 aliphatic carbocycles. The summed E-state index contributed by atoms with van der Waals surface area (Å²) in [6.07, 6.45) is 33.8. The zero-order valence-electron chi connectivity index (χ0n) is 54.8. The first kappa shape index (κ1) is 78.6. The molecule has 0 radical (unpaired) electrons. The van der Waals surface area contributed by atoms with Crippen LogP contribution in [0.25, 0.3) is 0 Å². The quantitative estimate of drug-likeness (QED) is 0.0309. The maximum absolute atomic E-state index is 11.8. The fraction of sp³-hybridized carbons (Fsp3) is 0.899. The Balaban J connectivity index is 0.000000525. The number of aliphatic hydroxyl groups excluding tert-OH is 3.